The number of nitrogens with two attached hydrogens (primary N) is 1. The summed E-state index contributed by atoms with van der Waals surface area (Å²) in [6.07, 6.45) is 1.15. The van der Waals surface area contributed by atoms with E-state index in [0.717, 1.165) is 42.6 Å². The Morgan fingerprint density at radius 1 is 1.50 bits per heavy atom. The summed E-state index contributed by atoms with van der Waals surface area (Å²) in [7, 11) is 0. The quantitative estimate of drug-likeness (QED) is 0.893. The fourth-order valence-corrected chi connectivity index (χ4v) is 2.72. The van der Waals surface area contributed by atoms with Gasteiger partial charge in [0.1, 0.15) is 5.75 Å². The van der Waals surface area contributed by atoms with Crippen LogP contribution in [-0.4, -0.2) is 29.6 Å². The van der Waals surface area contributed by atoms with Crippen LogP contribution in [0.25, 0.3) is 0 Å². The van der Waals surface area contributed by atoms with E-state index in [0.29, 0.717) is 5.75 Å². The lowest BCUT2D eigenvalue weighted by Gasteiger charge is -2.23. The second kappa shape index (κ2) is 6.24. The molecular formula is C13H20BrClN2O. The minimum Gasteiger partial charge on any atom is -0.508 e. The summed E-state index contributed by atoms with van der Waals surface area (Å²) in [6.45, 7) is 5.96. The Kier molecular flexibility index (Phi) is 5.46. The zero-order valence-electron chi connectivity index (χ0n) is 10.5. The van der Waals surface area contributed by atoms with Crippen LogP contribution in [0.4, 0.5) is 0 Å². The molecule has 1 heterocycles. The molecule has 0 aliphatic carbocycles. The molecule has 1 aliphatic rings. The van der Waals surface area contributed by atoms with Crippen LogP contribution in [0.1, 0.15) is 18.9 Å². The largest absolute Gasteiger partial charge is 0.508 e. The van der Waals surface area contributed by atoms with Crippen molar-refractivity contribution >= 4 is 28.3 Å². The SMILES string of the molecule is CC1(CN)CCN(Cc2cc(O)ccc2Br)C1.Cl. The fourth-order valence-electron chi connectivity index (χ4n) is 2.35. The number of rotatable bonds is 3. The van der Waals surface area contributed by atoms with Crippen LogP contribution >= 0.6 is 28.3 Å². The monoisotopic (exact) mass is 334 g/mol. The van der Waals surface area contributed by atoms with Gasteiger partial charge in [0.2, 0.25) is 0 Å². The Bertz CT molecular complexity index is 416. The minimum absolute atomic E-state index is 0. The Labute approximate surface area is 123 Å². The van der Waals surface area contributed by atoms with Gasteiger partial charge in [-0.05, 0) is 48.7 Å². The van der Waals surface area contributed by atoms with Crippen LogP contribution in [0.3, 0.4) is 0 Å². The zero-order chi connectivity index (χ0) is 12.5. The molecule has 5 heteroatoms. The van der Waals surface area contributed by atoms with Crippen LogP contribution in [-0.2, 0) is 6.54 Å². The van der Waals surface area contributed by atoms with Crippen molar-refractivity contribution in [2.45, 2.75) is 19.9 Å². The van der Waals surface area contributed by atoms with Crippen molar-refractivity contribution in [3.8, 4) is 5.75 Å². The van der Waals surface area contributed by atoms with Crippen molar-refractivity contribution in [2.24, 2.45) is 11.1 Å². The van der Waals surface area contributed by atoms with Gasteiger partial charge in [0.05, 0.1) is 0 Å². The van der Waals surface area contributed by atoms with Gasteiger partial charge in [-0.3, -0.25) is 4.90 Å². The number of phenols is 1. The van der Waals surface area contributed by atoms with Crippen molar-refractivity contribution in [1.82, 2.24) is 4.90 Å². The normalized spacial score (nSPS) is 23.9. The molecule has 0 spiro atoms. The van der Waals surface area contributed by atoms with E-state index in [1.807, 2.05) is 12.1 Å². The highest BCUT2D eigenvalue weighted by atomic mass is 79.9. The molecule has 1 saturated heterocycles. The van der Waals surface area contributed by atoms with Gasteiger partial charge in [-0.1, -0.05) is 22.9 Å². The lowest BCUT2D eigenvalue weighted by atomic mass is 9.90. The average Bonchev–Trinajstić information content (AvgIpc) is 2.67. The van der Waals surface area contributed by atoms with Crippen molar-refractivity contribution < 1.29 is 5.11 Å². The van der Waals surface area contributed by atoms with Crippen molar-refractivity contribution in [3.63, 3.8) is 0 Å². The molecule has 2 rings (SSSR count). The van der Waals surface area contributed by atoms with E-state index in [2.05, 4.69) is 27.8 Å². The summed E-state index contributed by atoms with van der Waals surface area (Å²) in [5, 5.41) is 9.50. The van der Waals surface area contributed by atoms with Crippen molar-refractivity contribution in [3.05, 3.63) is 28.2 Å². The topological polar surface area (TPSA) is 49.5 Å². The summed E-state index contributed by atoms with van der Waals surface area (Å²) < 4.78 is 1.05. The predicted octanol–water partition coefficient (Wildman–Crippen LogP) is 2.75. The number of nitrogens with zero attached hydrogens (tertiary/aromatic N) is 1. The molecule has 0 aromatic heterocycles. The van der Waals surface area contributed by atoms with E-state index in [9.17, 15) is 5.11 Å². The maximum atomic E-state index is 9.50. The molecule has 1 atom stereocenters. The van der Waals surface area contributed by atoms with Crippen LogP contribution in [0, 0.1) is 5.41 Å². The summed E-state index contributed by atoms with van der Waals surface area (Å²) in [4.78, 5) is 2.40. The van der Waals surface area contributed by atoms with Crippen molar-refractivity contribution in [2.75, 3.05) is 19.6 Å². The molecule has 102 valence electrons. The van der Waals surface area contributed by atoms with E-state index in [1.54, 1.807) is 6.07 Å². The summed E-state index contributed by atoms with van der Waals surface area (Å²) in [5.74, 6) is 0.323. The average molecular weight is 336 g/mol. The van der Waals surface area contributed by atoms with Crippen LogP contribution < -0.4 is 5.73 Å². The van der Waals surface area contributed by atoms with Gasteiger partial charge >= 0.3 is 0 Å². The lowest BCUT2D eigenvalue weighted by molar-refractivity contribution is 0.274. The number of hydrogen-bond acceptors (Lipinski definition) is 3. The Hall–Kier alpha value is -0.290. The number of likely N-dealkylation sites (tertiary alicyclic amines) is 1. The third-order valence-electron chi connectivity index (χ3n) is 3.55. The first-order chi connectivity index (χ1) is 8.02. The zero-order valence-corrected chi connectivity index (χ0v) is 12.9. The third kappa shape index (κ3) is 3.60. The molecule has 1 aromatic carbocycles. The molecule has 3 N–H and O–H groups in total. The van der Waals surface area contributed by atoms with E-state index in [1.165, 1.54) is 0 Å². The Balaban J connectivity index is 0.00000162. The number of benzene rings is 1. The lowest BCUT2D eigenvalue weighted by Crippen LogP contribution is -2.31. The fraction of sp³-hybridized carbons (Fsp3) is 0.538. The summed E-state index contributed by atoms with van der Waals surface area (Å²) in [5.41, 5.74) is 7.19. The molecule has 3 nitrogen and oxygen atoms in total. The smallest absolute Gasteiger partial charge is 0.115 e. The molecule has 0 bridgehead atoms. The van der Waals surface area contributed by atoms with E-state index < -0.39 is 0 Å². The van der Waals surface area contributed by atoms with E-state index in [-0.39, 0.29) is 17.8 Å². The maximum Gasteiger partial charge on any atom is 0.115 e. The van der Waals surface area contributed by atoms with E-state index >= 15 is 0 Å². The Morgan fingerprint density at radius 3 is 2.83 bits per heavy atom. The minimum atomic E-state index is 0. The molecule has 18 heavy (non-hydrogen) atoms. The second-order valence-electron chi connectivity index (χ2n) is 5.25. The molecule has 1 unspecified atom stereocenters. The standard InChI is InChI=1S/C13H19BrN2O.ClH/c1-13(8-15)4-5-16(9-13)7-10-6-11(17)2-3-12(10)14;/h2-3,6,17H,4-5,7-9,15H2,1H3;1H. The second-order valence-corrected chi connectivity index (χ2v) is 6.11. The van der Waals surface area contributed by atoms with Gasteiger partial charge in [0.15, 0.2) is 0 Å². The number of aromatic hydroxyl groups is 1. The van der Waals surface area contributed by atoms with Crippen LogP contribution in [0.5, 0.6) is 5.75 Å². The molecular weight excluding hydrogens is 316 g/mol. The molecule has 0 saturated carbocycles. The first-order valence-electron chi connectivity index (χ1n) is 5.92. The Morgan fingerprint density at radius 2 is 2.22 bits per heavy atom. The summed E-state index contributed by atoms with van der Waals surface area (Å²) >= 11 is 3.52. The number of hydrogen-bond donors (Lipinski definition) is 2. The van der Waals surface area contributed by atoms with Crippen LogP contribution in [0.15, 0.2) is 22.7 Å². The highest BCUT2D eigenvalue weighted by molar-refractivity contribution is 9.10. The third-order valence-corrected chi connectivity index (χ3v) is 4.33. The van der Waals surface area contributed by atoms with Gasteiger partial charge in [0, 0.05) is 17.6 Å². The van der Waals surface area contributed by atoms with Crippen molar-refractivity contribution in [1.29, 1.82) is 0 Å². The van der Waals surface area contributed by atoms with Crippen LogP contribution in [0.2, 0.25) is 0 Å². The van der Waals surface area contributed by atoms with Gasteiger partial charge in [-0.2, -0.15) is 0 Å². The predicted molar refractivity (Wildman–Crippen MR) is 80.1 cm³/mol. The molecule has 1 aliphatic heterocycles. The first kappa shape index (κ1) is 15.8. The highest BCUT2D eigenvalue weighted by Gasteiger charge is 2.32. The van der Waals surface area contributed by atoms with Gasteiger partial charge < -0.3 is 10.8 Å². The number of phenolic OH excluding ortho intramolecular Hbond substituents is 1. The van der Waals surface area contributed by atoms with E-state index in [4.69, 9.17) is 5.73 Å². The molecule has 0 amide bonds. The number of halogens is 2. The van der Waals surface area contributed by atoms with Gasteiger partial charge in [-0.15, -0.1) is 12.4 Å². The van der Waals surface area contributed by atoms with Gasteiger partial charge in [0.25, 0.3) is 0 Å². The molecule has 1 fully saturated rings. The molecule has 1 aromatic rings. The molecule has 0 radical (unpaired) electrons. The first-order valence-corrected chi connectivity index (χ1v) is 6.71. The maximum absolute atomic E-state index is 9.50. The highest BCUT2D eigenvalue weighted by Crippen LogP contribution is 2.31. The van der Waals surface area contributed by atoms with Gasteiger partial charge in [-0.25, -0.2) is 0 Å². The summed E-state index contributed by atoms with van der Waals surface area (Å²) in [6, 6.07) is 5.41.